The highest BCUT2D eigenvalue weighted by atomic mass is 35.5. The minimum atomic E-state index is -0.230. The lowest BCUT2D eigenvalue weighted by Gasteiger charge is -2.22. The summed E-state index contributed by atoms with van der Waals surface area (Å²) >= 11 is 5.79. The lowest BCUT2D eigenvalue weighted by molar-refractivity contribution is -0.121. The highest BCUT2D eigenvalue weighted by Gasteiger charge is 2.17. The van der Waals surface area contributed by atoms with Crippen molar-refractivity contribution in [2.75, 3.05) is 27.2 Å². The van der Waals surface area contributed by atoms with Gasteiger partial charge in [-0.25, -0.2) is 0 Å². The number of rotatable bonds is 8. The first kappa shape index (κ1) is 19.0. The maximum Gasteiger partial charge on any atom is 0.251 e. The molecular weight excluding hydrogens is 342 g/mol. The highest BCUT2D eigenvalue weighted by Crippen LogP contribution is 2.17. The molecule has 0 saturated heterocycles. The minimum Gasteiger partial charge on any atom is -0.468 e. The highest BCUT2D eigenvalue weighted by molar-refractivity contribution is 6.30. The second-order valence-electron chi connectivity index (χ2n) is 5.81. The number of nitrogens with zero attached hydrogens (tertiary/aromatic N) is 1. The Kier molecular flexibility index (Phi) is 7.03. The summed E-state index contributed by atoms with van der Waals surface area (Å²) in [6, 6.07) is 10.2. The van der Waals surface area contributed by atoms with Gasteiger partial charge in [-0.15, -0.1) is 0 Å². The average molecular weight is 364 g/mol. The summed E-state index contributed by atoms with van der Waals surface area (Å²) in [5, 5.41) is 6.15. The van der Waals surface area contributed by atoms with E-state index in [2.05, 4.69) is 10.6 Å². The molecule has 0 fully saturated rings. The molecule has 134 valence electrons. The Labute approximate surface area is 152 Å². The van der Waals surface area contributed by atoms with Gasteiger partial charge < -0.3 is 15.1 Å². The van der Waals surface area contributed by atoms with Crippen molar-refractivity contribution in [1.29, 1.82) is 0 Å². The van der Waals surface area contributed by atoms with Gasteiger partial charge in [0.05, 0.1) is 12.3 Å². The summed E-state index contributed by atoms with van der Waals surface area (Å²) in [6.07, 6.45) is 1.82. The van der Waals surface area contributed by atoms with Crippen molar-refractivity contribution in [2.24, 2.45) is 0 Å². The molecule has 0 radical (unpaired) electrons. The standard InChI is InChI=1S/C18H22ClN3O3/c1-22(2)15(16-4-3-11-25-16)12-21-17(23)9-10-20-18(24)13-5-7-14(19)8-6-13/h3-8,11,15H,9-10,12H2,1-2H3,(H,20,24)(H,21,23)/t15-/m1/s1. The molecule has 25 heavy (non-hydrogen) atoms. The third kappa shape index (κ3) is 5.92. The molecule has 2 rings (SSSR count). The first-order valence-electron chi connectivity index (χ1n) is 7.97. The van der Waals surface area contributed by atoms with E-state index in [4.69, 9.17) is 16.0 Å². The van der Waals surface area contributed by atoms with Crippen LogP contribution in [0, 0.1) is 0 Å². The lowest BCUT2D eigenvalue weighted by atomic mass is 10.2. The number of likely N-dealkylation sites (N-methyl/N-ethyl adjacent to an activating group) is 1. The van der Waals surface area contributed by atoms with E-state index in [9.17, 15) is 9.59 Å². The summed E-state index contributed by atoms with van der Waals surface area (Å²) < 4.78 is 5.40. The normalized spacial score (nSPS) is 12.0. The lowest BCUT2D eigenvalue weighted by Crippen LogP contribution is -2.36. The Morgan fingerprint density at radius 2 is 1.88 bits per heavy atom. The van der Waals surface area contributed by atoms with E-state index in [0.29, 0.717) is 17.1 Å². The molecule has 1 aromatic carbocycles. The first-order chi connectivity index (χ1) is 12.0. The maximum atomic E-state index is 12.0. The van der Waals surface area contributed by atoms with Gasteiger partial charge in [0.2, 0.25) is 5.91 Å². The molecule has 0 aliphatic carbocycles. The van der Waals surface area contributed by atoms with Gasteiger partial charge in [0.25, 0.3) is 5.91 Å². The fourth-order valence-electron chi connectivity index (χ4n) is 2.31. The van der Waals surface area contributed by atoms with Crippen LogP contribution in [-0.2, 0) is 4.79 Å². The van der Waals surface area contributed by atoms with Crippen molar-refractivity contribution < 1.29 is 14.0 Å². The average Bonchev–Trinajstić information content (AvgIpc) is 3.09. The number of nitrogens with one attached hydrogen (secondary N) is 2. The van der Waals surface area contributed by atoms with Crippen LogP contribution < -0.4 is 10.6 Å². The zero-order valence-electron chi connectivity index (χ0n) is 14.3. The Morgan fingerprint density at radius 3 is 2.48 bits per heavy atom. The number of furan rings is 1. The van der Waals surface area contributed by atoms with Crippen molar-refractivity contribution in [2.45, 2.75) is 12.5 Å². The van der Waals surface area contributed by atoms with Crippen LogP contribution in [0.1, 0.15) is 28.6 Å². The molecule has 2 N–H and O–H groups in total. The fraction of sp³-hybridized carbons (Fsp3) is 0.333. The molecule has 1 aromatic heterocycles. The van der Waals surface area contributed by atoms with Crippen molar-refractivity contribution in [1.82, 2.24) is 15.5 Å². The van der Waals surface area contributed by atoms with Crippen LogP contribution in [0.4, 0.5) is 0 Å². The van der Waals surface area contributed by atoms with Crippen molar-refractivity contribution in [3.8, 4) is 0 Å². The summed E-state index contributed by atoms with van der Waals surface area (Å²) in [6.45, 7) is 0.700. The van der Waals surface area contributed by atoms with Crippen LogP contribution in [0.25, 0.3) is 0 Å². The van der Waals surface area contributed by atoms with Gasteiger partial charge in [0.1, 0.15) is 5.76 Å². The van der Waals surface area contributed by atoms with Gasteiger partial charge in [-0.1, -0.05) is 11.6 Å². The first-order valence-corrected chi connectivity index (χ1v) is 8.35. The molecule has 2 aromatic rings. The van der Waals surface area contributed by atoms with Crippen LogP contribution in [0.3, 0.4) is 0 Å². The van der Waals surface area contributed by atoms with Gasteiger partial charge in [-0.3, -0.25) is 14.5 Å². The van der Waals surface area contributed by atoms with Gasteiger partial charge >= 0.3 is 0 Å². The van der Waals surface area contributed by atoms with E-state index in [1.54, 1.807) is 30.5 Å². The summed E-state index contributed by atoms with van der Waals surface area (Å²) in [4.78, 5) is 25.9. The van der Waals surface area contributed by atoms with E-state index in [1.807, 2.05) is 31.1 Å². The molecule has 0 spiro atoms. The van der Waals surface area contributed by atoms with Crippen molar-refractivity contribution in [3.05, 3.63) is 59.0 Å². The number of hydrogen-bond donors (Lipinski definition) is 2. The Hall–Kier alpha value is -2.31. The molecule has 1 atom stereocenters. The van der Waals surface area contributed by atoms with Gasteiger partial charge in [-0.05, 0) is 50.5 Å². The van der Waals surface area contributed by atoms with Crippen molar-refractivity contribution in [3.63, 3.8) is 0 Å². The number of benzene rings is 1. The van der Waals surface area contributed by atoms with Crippen molar-refractivity contribution >= 4 is 23.4 Å². The maximum absolute atomic E-state index is 12.0. The second-order valence-corrected chi connectivity index (χ2v) is 6.25. The smallest absolute Gasteiger partial charge is 0.251 e. The zero-order chi connectivity index (χ0) is 18.2. The Bertz CT molecular complexity index is 684. The largest absolute Gasteiger partial charge is 0.468 e. The van der Waals surface area contributed by atoms with E-state index in [1.165, 1.54) is 0 Å². The monoisotopic (exact) mass is 363 g/mol. The molecule has 0 aliphatic heterocycles. The molecule has 0 aliphatic rings. The molecule has 0 saturated carbocycles. The zero-order valence-corrected chi connectivity index (χ0v) is 15.0. The second kappa shape index (κ2) is 9.25. The molecule has 6 nitrogen and oxygen atoms in total. The third-order valence-corrected chi connectivity index (χ3v) is 3.98. The van der Waals surface area contributed by atoms with Crippen LogP contribution in [0.5, 0.6) is 0 Å². The predicted octanol–water partition coefficient (Wildman–Crippen LogP) is 2.47. The predicted molar refractivity (Wildman–Crippen MR) is 96.5 cm³/mol. The Balaban J connectivity index is 1.73. The topological polar surface area (TPSA) is 74.6 Å². The molecule has 0 bridgehead atoms. The molecule has 2 amide bonds. The van der Waals surface area contributed by atoms with E-state index < -0.39 is 0 Å². The fourth-order valence-corrected chi connectivity index (χ4v) is 2.44. The SMILES string of the molecule is CN(C)[C@H](CNC(=O)CCNC(=O)c1ccc(Cl)cc1)c1ccco1. The summed E-state index contributed by atoms with van der Waals surface area (Å²) in [5.74, 6) is 0.433. The minimum absolute atomic E-state index is 0.0393. The quantitative estimate of drug-likeness (QED) is 0.755. The third-order valence-electron chi connectivity index (χ3n) is 3.73. The summed E-state index contributed by atoms with van der Waals surface area (Å²) in [5.41, 5.74) is 0.510. The van der Waals surface area contributed by atoms with Gasteiger partial charge in [0.15, 0.2) is 0 Å². The van der Waals surface area contributed by atoms with Crippen LogP contribution in [-0.4, -0.2) is 43.9 Å². The van der Waals surface area contributed by atoms with Crippen LogP contribution in [0.2, 0.25) is 5.02 Å². The number of halogens is 1. The van der Waals surface area contributed by atoms with E-state index in [-0.39, 0.29) is 30.8 Å². The van der Waals surface area contributed by atoms with Crippen LogP contribution in [0.15, 0.2) is 47.1 Å². The number of amides is 2. The van der Waals surface area contributed by atoms with Gasteiger partial charge in [-0.2, -0.15) is 0 Å². The molecule has 0 unspecified atom stereocenters. The number of hydrogen-bond acceptors (Lipinski definition) is 4. The van der Waals surface area contributed by atoms with Crippen LogP contribution >= 0.6 is 11.6 Å². The van der Waals surface area contributed by atoms with E-state index >= 15 is 0 Å². The van der Waals surface area contributed by atoms with E-state index in [0.717, 1.165) is 5.76 Å². The Morgan fingerprint density at radius 1 is 1.16 bits per heavy atom. The number of carbonyl (C=O) groups is 2. The summed E-state index contributed by atoms with van der Waals surface area (Å²) in [7, 11) is 3.84. The number of carbonyl (C=O) groups excluding carboxylic acids is 2. The van der Waals surface area contributed by atoms with Gasteiger partial charge in [0, 0.05) is 30.1 Å². The molecule has 7 heteroatoms. The molecular formula is C18H22ClN3O3. The molecule has 1 heterocycles.